The van der Waals surface area contributed by atoms with E-state index in [4.69, 9.17) is 0 Å². The van der Waals surface area contributed by atoms with E-state index in [1.165, 1.54) is 0 Å². The second-order valence-corrected chi connectivity index (χ2v) is 4.45. The van der Waals surface area contributed by atoms with Gasteiger partial charge in [0.05, 0.1) is 6.20 Å². The third-order valence-electron chi connectivity index (χ3n) is 2.29. The standard InChI is InChI=1S/C11H11BrN4O/c1-16(7-8-5-14-15-6-8)11(17)9-2-3-13-10(12)4-9/h2-6H,7H2,1H3,(H,14,15). The van der Waals surface area contributed by atoms with Gasteiger partial charge in [-0.15, -0.1) is 0 Å². The lowest BCUT2D eigenvalue weighted by atomic mass is 10.2. The molecule has 2 rings (SSSR count). The van der Waals surface area contributed by atoms with Crippen molar-refractivity contribution in [3.8, 4) is 0 Å². The Bertz CT molecular complexity index is 512. The maximum atomic E-state index is 12.1. The van der Waals surface area contributed by atoms with Gasteiger partial charge in [0, 0.05) is 37.1 Å². The van der Waals surface area contributed by atoms with Crippen molar-refractivity contribution in [3.63, 3.8) is 0 Å². The molecule has 0 atom stereocenters. The van der Waals surface area contributed by atoms with Crippen LogP contribution in [0.4, 0.5) is 0 Å². The van der Waals surface area contributed by atoms with Crippen LogP contribution >= 0.6 is 15.9 Å². The summed E-state index contributed by atoms with van der Waals surface area (Å²) in [5.74, 6) is -0.0469. The van der Waals surface area contributed by atoms with Crippen molar-refractivity contribution >= 4 is 21.8 Å². The third kappa shape index (κ3) is 2.91. The first-order valence-electron chi connectivity index (χ1n) is 5.01. The summed E-state index contributed by atoms with van der Waals surface area (Å²) in [6.45, 7) is 0.523. The van der Waals surface area contributed by atoms with E-state index in [1.54, 1.807) is 42.7 Å². The number of nitrogens with zero attached hydrogens (tertiary/aromatic N) is 3. The molecule has 2 aromatic heterocycles. The van der Waals surface area contributed by atoms with Crippen LogP contribution in [0, 0.1) is 0 Å². The molecule has 2 aromatic rings. The topological polar surface area (TPSA) is 61.9 Å². The van der Waals surface area contributed by atoms with Crippen molar-refractivity contribution < 1.29 is 4.79 Å². The Morgan fingerprint density at radius 1 is 1.59 bits per heavy atom. The molecule has 0 saturated carbocycles. The Morgan fingerprint density at radius 2 is 2.41 bits per heavy atom. The SMILES string of the molecule is CN(Cc1cn[nH]c1)C(=O)c1ccnc(Br)c1. The molecule has 0 unspecified atom stereocenters. The van der Waals surface area contributed by atoms with Crippen molar-refractivity contribution in [1.82, 2.24) is 20.1 Å². The average Bonchev–Trinajstić information content (AvgIpc) is 2.80. The van der Waals surface area contributed by atoms with Gasteiger partial charge < -0.3 is 4.90 Å². The number of aromatic amines is 1. The number of rotatable bonds is 3. The number of pyridine rings is 1. The van der Waals surface area contributed by atoms with Crippen LogP contribution in [0.5, 0.6) is 0 Å². The van der Waals surface area contributed by atoms with Crippen LogP contribution in [0.15, 0.2) is 35.3 Å². The number of carbonyl (C=O) groups excluding carboxylic acids is 1. The molecule has 0 aromatic carbocycles. The number of H-pyrrole nitrogens is 1. The molecule has 6 heteroatoms. The number of hydrogen-bond donors (Lipinski definition) is 1. The molecule has 0 aliphatic carbocycles. The third-order valence-corrected chi connectivity index (χ3v) is 2.73. The minimum absolute atomic E-state index is 0.0469. The highest BCUT2D eigenvalue weighted by Gasteiger charge is 2.12. The first-order chi connectivity index (χ1) is 8.16. The molecule has 5 nitrogen and oxygen atoms in total. The average molecular weight is 295 g/mol. The molecule has 0 spiro atoms. The van der Waals surface area contributed by atoms with E-state index in [-0.39, 0.29) is 5.91 Å². The highest BCUT2D eigenvalue weighted by molar-refractivity contribution is 9.10. The molecule has 2 heterocycles. The van der Waals surface area contributed by atoms with Crippen LogP contribution in [-0.4, -0.2) is 33.0 Å². The van der Waals surface area contributed by atoms with Crippen LogP contribution in [0.25, 0.3) is 0 Å². The van der Waals surface area contributed by atoms with Gasteiger partial charge in [0.25, 0.3) is 5.91 Å². The van der Waals surface area contributed by atoms with Gasteiger partial charge in [0.2, 0.25) is 0 Å². The Morgan fingerprint density at radius 3 is 3.06 bits per heavy atom. The summed E-state index contributed by atoms with van der Waals surface area (Å²) in [7, 11) is 1.75. The van der Waals surface area contributed by atoms with Gasteiger partial charge in [-0.05, 0) is 28.1 Å². The van der Waals surface area contributed by atoms with Gasteiger partial charge >= 0.3 is 0 Å². The van der Waals surface area contributed by atoms with Crippen LogP contribution in [0.1, 0.15) is 15.9 Å². The summed E-state index contributed by atoms with van der Waals surface area (Å²) in [6.07, 6.45) is 5.07. The van der Waals surface area contributed by atoms with Crippen molar-refractivity contribution in [1.29, 1.82) is 0 Å². The lowest BCUT2D eigenvalue weighted by molar-refractivity contribution is 0.0785. The first-order valence-corrected chi connectivity index (χ1v) is 5.81. The van der Waals surface area contributed by atoms with E-state index in [9.17, 15) is 4.79 Å². The second-order valence-electron chi connectivity index (χ2n) is 3.64. The van der Waals surface area contributed by atoms with E-state index < -0.39 is 0 Å². The molecule has 88 valence electrons. The minimum Gasteiger partial charge on any atom is -0.337 e. The maximum absolute atomic E-state index is 12.1. The molecule has 0 saturated heterocycles. The number of hydrogen-bond acceptors (Lipinski definition) is 3. The van der Waals surface area contributed by atoms with Crippen molar-refractivity contribution in [3.05, 3.63) is 46.5 Å². The van der Waals surface area contributed by atoms with Crippen molar-refractivity contribution in [2.75, 3.05) is 7.05 Å². The van der Waals surface area contributed by atoms with Crippen molar-refractivity contribution in [2.24, 2.45) is 0 Å². The van der Waals surface area contributed by atoms with Gasteiger partial charge in [-0.25, -0.2) is 4.98 Å². The Labute approximate surface area is 107 Å². The molecule has 0 radical (unpaired) electrons. The first kappa shape index (κ1) is 11.8. The zero-order valence-electron chi connectivity index (χ0n) is 9.22. The zero-order chi connectivity index (χ0) is 12.3. The summed E-state index contributed by atoms with van der Waals surface area (Å²) in [5.41, 5.74) is 1.58. The number of nitrogens with one attached hydrogen (secondary N) is 1. The normalized spacial score (nSPS) is 10.2. The Kier molecular flexibility index (Phi) is 3.53. The molecule has 0 aliphatic heterocycles. The summed E-state index contributed by atoms with van der Waals surface area (Å²) >= 11 is 3.24. The minimum atomic E-state index is -0.0469. The quantitative estimate of drug-likeness (QED) is 0.879. The summed E-state index contributed by atoms with van der Waals surface area (Å²) < 4.78 is 0.653. The molecule has 1 amide bonds. The van der Waals surface area contributed by atoms with E-state index in [0.29, 0.717) is 16.7 Å². The smallest absolute Gasteiger partial charge is 0.254 e. The highest BCUT2D eigenvalue weighted by atomic mass is 79.9. The largest absolute Gasteiger partial charge is 0.337 e. The van der Waals surface area contributed by atoms with E-state index in [2.05, 4.69) is 31.1 Å². The van der Waals surface area contributed by atoms with Crippen LogP contribution in [0.2, 0.25) is 0 Å². The molecule has 1 N–H and O–H groups in total. The van der Waals surface area contributed by atoms with Gasteiger partial charge in [0.1, 0.15) is 4.60 Å². The molecule has 17 heavy (non-hydrogen) atoms. The maximum Gasteiger partial charge on any atom is 0.254 e. The van der Waals surface area contributed by atoms with Gasteiger partial charge in [0.15, 0.2) is 0 Å². The zero-order valence-corrected chi connectivity index (χ0v) is 10.8. The fourth-order valence-electron chi connectivity index (χ4n) is 1.47. The number of halogens is 1. The van der Waals surface area contributed by atoms with E-state index >= 15 is 0 Å². The predicted molar refractivity (Wildman–Crippen MR) is 66.3 cm³/mol. The van der Waals surface area contributed by atoms with Gasteiger partial charge in [-0.3, -0.25) is 9.89 Å². The van der Waals surface area contributed by atoms with Gasteiger partial charge in [-0.1, -0.05) is 0 Å². The molecule has 0 bridgehead atoms. The van der Waals surface area contributed by atoms with E-state index in [0.717, 1.165) is 5.56 Å². The van der Waals surface area contributed by atoms with Gasteiger partial charge in [-0.2, -0.15) is 5.10 Å². The molecular formula is C11H11BrN4O. The Hall–Kier alpha value is -1.69. The number of aromatic nitrogens is 3. The lowest BCUT2D eigenvalue weighted by Crippen LogP contribution is -2.26. The fourth-order valence-corrected chi connectivity index (χ4v) is 1.83. The summed E-state index contributed by atoms with van der Waals surface area (Å²) in [6, 6.07) is 3.40. The molecular weight excluding hydrogens is 284 g/mol. The monoisotopic (exact) mass is 294 g/mol. The van der Waals surface area contributed by atoms with Crippen LogP contribution < -0.4 is 0 Å². The van der Waals surface area contributed by atoms with Crippen molar-refractivity contribution in [2.45, 2.75) is 6.54 Å². The molecule has 0 fully saturated rings. The number of carbonyl (C=O) groups is 1. The van der Waals surface area contributed by atoms with Crippen LogP contribution in [-0.2, 0) is 6.54 Å². The van der Waals surface area contributed by atoms with E-state index in [1.807, 2.05) is 0 Å². The summed E-state index contributed by atoms with van der Waals surface area (Å²) in [5, 5.41) is 6.56. The highest BCUT2D eigenvalue weighted by Crippen LogP contribution is 2.11. The van der Waals surface area contributed by atoms with Crippen LogP contribution in [0.3, 0.4) is 0 Å². The molecule has 0 aliphatic rings. The summed E-state index contributed by atoms with van der Waals surface area (Å²) in [4.78, 5) is 17.7. The lowest BCUT2D eigenvalue weighted by Gasteiger charge is -2.16. The predicted octanol–water partition coefficient (Wildman–Crippen LogP) is 1.84. The second kappa shape index (κ2) is 5.09. The fraction of sp³-hybridized carbons (Fsp3) is 0.182. The Balaban J connectivity index is 2.09. The number of amides is 1.